The van der Waals surface area contributed by atoms with Crippen LogP contribution in [0.15, 0.2) is 24.3 Å². The van der Waals surface area contributed by atoms with E-state index in [-0.39, 0.29) is 6.29 Å². The second-order valence-corrected chi connectivity index (χ2v) is 5.21. The van der Waals surface area contributed by atoms with Crippen molar-refractivity contribution in [2.24, 2.45) is 0 Å². The molecule has 0 amide bonds. The lowest BCUT2D eigenvalue weighted by molar-refractivity contribution is -0.143. The summed E-state index contributed by atoms with van der Waals surface area (Å²) in [5.41, 5.74) is 2.14. The molecule has 0 N–H and O–H groups in total. The van der Waals surface area contributed by atoms with Gasteiger partial charge in [-0.3, -0.25) is 0 Å². The number of para-hydroxylation sites is 2. The summed E-state index contributed by atoms with van der Waals surface area (Å²) in [6.07, 6.45) is -0.237. The Morgan fingerprint density at radius 2 is 1.81 bits per heavy atom. The third-order valence-electron chi connectivity index (χ3n) is 3.23. The van der Waals surface area contributed by atoms with Crippen molar-refractivity contribution < 1.29 is 9.47 Å². The minimum absolute atomic E-state index is 0.237. The Hall–Kier alpha value is -1.43. The Labute approximate surface area is 126 Å². The van der Waals surface area contributed by atoms with Crippen molar-refractivity contribution in [2.45, 2.75) is 33.2 Å². The first-order chi connectivity index (χ1) is 10.2. The summed E-state index contributed by atoms with van der Waals surface area (Å²) in [6.45, 7) is 6.70. The third-order valence-corrected chi connectivity index (χ3v) is 3.23. The summed E-state index contributed by atoms with van der Waals surface area (Å²) in [5, 5.41) is 0. The van der Waals surface area contributed by atoms with E-state index in [4.69, 9.17) is 14.5 Å². The van der Waals surface area contributed by atoms with Gasteiger partial charge in [0.2, 0.25) is 0 Å². The summed E-state index contributed by atoms with van der Waals surface area (Å²) in [5.74, 6) is 1.03. The number of aromatic nitrogens is 2. The highest BCUT2D eigenvalue weighted by atomic mass is 16.7. The van der Waals surface area contributed by atoms with Gasteiger partial charge < -0.3 is 18.9 Å². The van der Waals surface area contributed by atoms with Gasteiger partial charge in [0.25, 0.3) is 0 Å². The maximum absolute atomic E-state index is 5.68. The van der Waals surface area contributed by atoms with E-state index in [0.29, 0.717) is 19.8 Å². The van der Waals surface area contributed by atoms with Gasteiger partial charge in [0.05, 0.1) is 24.1 Å². The van der Waals surface area contributed by atoms with E-state index < -0.39 is 0 Å². The van der Waals surface area contributed by atoms with Crippen LogP contribution in [-0.4, -0.2) is 48.1 Å². The Balaban J connectivity index is 2.34. The molecule has 21 heavy (non-hydrogen) atoms. The van der Waals surface area contributed by atoms with E-state index in [0.717, 1.165) is 23.4 Å². The fourth-order valence-corrected chi connectivity index (χ4v) is 2.41. The number of benzene rings is 1. The molecule has 0 radical (unpaired) electrons. The molecule has 0 aliphatic heterocycles. The smallest absolute Gasteiger partial charge is 0.175 e. The van der Waals surface area contributed by atoms with Crippen molar-refractivity contribution in [1.82, 2.24) is 14.5 Å². The average Bonchev–Trinajstić information content (AvgIpc) is 2.77. The van der Waals surface area contributed by atoms with E-state index in [1.807, 2.05) is 46.1 Å². The van der Waals surface area contributed by atoms with Gasteiger partial charge >= 0.3 is 0 Å². The van der Waals surface area contributed by atoms with Crippen molar-refractivity contribution in [3.05, 3.63) is 30.1 Å². The Morgan fingerprint density at radius 1 is 1.14 bits per heavy atom. The van der Waals surface area contributed by atoms with Crippen molar-refractivity contribution in [3.63, 3.8) is 0 Å². The molecule has 1 aromatic carbocycles. The van der Waals surface area contributed by atoms with E-state index in [1.165, 1.54) is 0 Å². The molecule has 1 aromatic heterocycles. The molecule has 0 saturated carbocycles. The zero-order valence-electron chi connectivity index (χ0n) is 13.4. The Kier molecular flexibility index (Phi) is 5.73. The largest absolute Gasteiger partial charge is 0.351 e. The molecule has 0 bridgehead atoms. The molecule has 5 nitrogen and oxygen atoms in total. The van der Waals surface area contributed by atoms with Crippen LogP contribution in [-0.2, 0) is 22.6 Å². The van der Waals surface area contributed by atoms with Crippen molar-refractivity contribution in [2.75, 3.05) is 27.3 Å². The number of imidazole rings is 1. The summed E-state index contributed by atoms with van der Waals surface area (Å²) < 4.78 is 13.6. The van der Waals surface area contributed by atoms with E-state index in [9.17, 15) is 0 Å². The van der Waals surface area contributed by atoms with Crippen LogP contribution in [0.5, 0.6) is 0 Å². The van der Waals surface area contributed by atoms with Gasteiger partial charge in [-0.25, -0.2) is 4.98 Å². The molecule has 0 atom stereocenters. The molecular formula is C16H25N3O2. The minimum Gasteiger partial charge on any atom is -0.351 e. The van der Waals surface area contributed by atoms with Crippen LogP contribution in [0.3, 0.4) is 0 Å². The maximum Gasteiger partial charge on any atom is 0.175 e. The van der Waals surface area contributed by atoms with Crippen LogP contribution in [0.4, 0.5) is 0 Å². The number of fused-ring (bicyclic) bond motifs is 1. The standard InChI is InChI=1S/C16H25N3O2/c1-5-20-16(21-6-2)12-19-14-10-8-7-9-13(14)17-15(19)11-18(3)4/h7-10,16H,5-6,11-12H2,1-4H3. The molecule has 5 heteroatoms. The number of ether oxygens (including phenoxy) is 2. The molecular weight excluding hydrogens is 266 g/mol. The Bertz CT molecular complexity index is 560. The number of hydrogen-bond donors (Lipinski definition) is 0. The lowest BCUT2D eigenvalue weighted by Crippen LogP contribution is -2.26. The summed E-state index contributed by atoms with van der Waals surface area (Å²) in [6, 6.07) is 8.19. The van der Waals surface area contributed by atoms with Crippen LogP contribution in [0.2, 0.25) is 0 Å². The predicted molar refractivity (Wildman–Crippen MR) is 84.2 cm³/mol. The summed E-state index contributed by atoms with van der Waals surface area (Å²) in [4.78, 5) is 6.86. The fraction of sp³-hybridized carbons (Fsp3) is 0.562. The molecule has 2 aromatic rings. The number of nitrogens with zero attached hydrogens (tertiary/aromatic N) is 3. The molecule has 116 valence electrons. The van der Waals surface area contributed by atoms with Gasteiger partial charge in [0.15, 0.2) is 6.29 Å². The first kappa shape index (κ1) is 15.9. The van der Waals surface area contributed by atoms with E-state index >= 15 is 0 Å². The van der Waals surface area contributed by atoms with Gasteiger partial charge in [-0.05, 0) is 40.1 Å². The highest BCUT2D eigenvalue weighted by molar-refractivity contribution is 5.75. The van der Waals surface area contributed by atoms with Gasteiger partial charge in [0.1, 0.15) is 5.82 Å². The molecule has 1 heterocycles. The van der Waals surface area contributed by atoms with E-state index in [2.05, 4.69) is 15.5 Å². The average molecular weight is 291 g/mol. The second-order valence-electron chi connectivity index (χ2n) is 5.21. The molecule has 0 aliphatic rings. The highest BCUT2D eigenvalue weighted by Crippen LogP contribution is 2.18. The lowest BCUT2D eigenvalue weighted by atomic mass is 10.3. The molecule has 2 rings (SSSR count). The van der Waals surface area contributed by atoms with E-state index in [1.54, 1.807) is 0 Å². The monoisotopic (exact) mass is 291 g/mol. The van der Waals surface area contributed by atoms with Gasteiger partial charge in [-0.1, -0.05) is 12.1 Å². The number of rotatable bonds is 8. The van der Waals surface area contributed by atoms with Gasteiger partial charge in [-0.15, -0.1) is 0 Å². The zero-order chi connectivity index (χ0) is 15.2. The Morgan fingerprint density at radius 3 is 2.43 bits per heavy atom. The molecule has 0 spiro atoms. The lowest BCUT2D eigenvalue weighted by Gasteiger charge is -2.20. The molecule has 0 fully saturated rings. The van der Waals surface area contributed by atoms with Crippen molar-refractivity contribution >= 4 is 11.0 Å². The second kappa shape index (κ2) is 7.54. The zero-order valence-corrected chi connectivity index (χ0v) is 13.4. The quantitative estimate of drug-likeness (QED) is 0.701. The van der Waals surface area contributed by atoms with Crippen LogP contribution in [0.1, 0.15) is 19.7 Å². The maximum atomic E-state index is 5.68. The van der Waals surface area contributed by atoms with Crippen molar-refractivity contribution in [1.29, 1.82) is 0 Å². The SMILES string of the molecule is CCOC(Cn1c(CN(C)C)nc2ccccc21)OCC. The van der Waals surface area contributed by atoms with Crippen molar-refractivity contribution in [3.8, 4) is 0 Å². The third kappa shape index (κ3) is 4.03. The van der Waals surface area contributed by atoms with Crippen LogP contribution in [0, 0.1) is 0 Å². The normalized spacial score (nSPS) is 11.9. The first-order valence-corrected chi connectivity index (χ1v) is 7.47. The summed E-state index contributed by atoms with van der Waals surface area (Å²) >= 11 is 0. The molecule has 0 saturated heterocycles. The molecule has 0 aliphatic carbocycles. The van der Waals surface area contributed by atoms with Gasteiger partial charge in [-0.2, -0.15) is 0 Å². The summed E-state index contributed by atoms with van der Waals surface area (Å²) in [7, 11) is 4.10. The highest BCUT2D eigenvalue weighted by Gasteiger charge is 2.16. The number of hydrogen-bond acceptors (Lipinski definition) is 4. The molecule has 0 unspecified atom stereocenters. The predicted octanol–water partition coefficient (Wildman–Crippen LogP) is 2.50. The van der Waals surface area contributed by atoms with Crippen LogP contribution in [0.25, 0.3) is 11.0 Å². The topological polar surface area (TPSA) is 39.5 Å². The van der Waals surface area contributed by atoms with Crippen LogP contribution < -0.4 is 0 Å². The van der Waals surface area contributed by atoms with Gasteiger partial charge in [0, 0.05) is 13.2 Å². The first-order valence-electron chi connectivity index (χ1n) is 7.47. The minimum atomic E-state index is -0.237. The fourth-order valence-electron chi connectivity index (χ4n) is 2.41. The van der Waals surface area contributed by atoms with Crippen LogP contribution >= 0.6 is 0 Å².